The van der Waals surface area contributed by atoms with Crippen LogP contribution in [0.25, 0.3) is 0 Å². The van der Waals surface area contributed by atoms with Crippen molar-refractivity contribution in [3.63, 3.8) is 0 Å². The molecule has 6 nitrogen and oxygen atoms in total. The molecule has 100 valence electrons. The Labute approximate surface area is 111 Å². The van der Waals surface area contributed by atoms with E-state index in [9.17, 15) is 4.79 Å². The molecule has 0 aromatic carbocycles. The predicted molar refractivity (Wildman–Crippen MR) is 69.7 cm³/mol. The number of rotatable bonds is 5. The SMILES string of the molecule is CC(NCc1c(C(=O)O)cnn1C)c1ccncc1. The molecule has 0 spiro atoms. The van der Waals surface area contributed by atoms with Crippen LogP contribution in [0.5, 0.6) is 0 Å². The normalized spacial score (nSPS) is 12.3. The molecule has 1 unspecified atom stereocenters. The molecule has 0 aliphatic heterocycles. The summed E-state index contributed by atoms with van der Waals surface area (Å²) in [6, 6.07) is 3.97. The first-order valence-electron chi connectivity index (χ1n) is 5.97. The third-order valence-corrected chi connectivity index (χ3v) is 3.07. The lowest BCUT2D eigenvalue weighted by molar-refractivity contribution is 0.0695. The molecule has 0 radical (unpaired) electrons. The molecule has 1 atom stereocenters. The van der Waals surface area contributed by atoms with Crippen molar-refractivity contribution in [2.24, 2.45) is 7.05 Å². The van der Waals surface area contributed by atoms with Gasteiger partial charge >= 0.3 is 5.97 Å². The van der Waals surface area contributed by atoms with Crippen molar-refractivity contribution in [3.8, 4) is 0 Å². The van der Waals surface area contributed by atoms with Gasteiger partial charge in [-0.3, -0.25) is 9.67 Å². The second kappa shape index (κ2) is 5.62. The van der Waals surface area contributed by atoms with E-state index < -0.39 is 5.97 Å². The molecule has 2 N–H and O–H groups in total. The molecule has 0 saturated carbocycles. The largest absolute Gasteiger partial charge is 0.478 e. The number of nitrogens with zero attached hydrogens (tertiary/aromatic N) is 3. The van der Waals surface area contributed by atoms with Crippen LogP contribution in [0.3, 0.4) is 0 Å². The van der Waals surface area contributed by atoms with Crippen LogP contribution >= 0.6 is 0 Å². The number of aromatic carboxylic acids is 1. The van der Waals surface area contributed by atoms with Crippen LogP contribution in [0.1, 0.15) is 34.6 Å². The summed E-state index contributed by atoms with van der Waals surface area (Å²) in [5, 5.41) is 16.3. The van der Waals surface area contributed by atoms with Crippen LogP contribution in [0.2, 0.25) is 0 Å². The van der Waals surface area contributed by atoms with Crippen LogP contribution in [-0.2, 0) is 13.6 Å². The minimum Gasteiger partial charge on any atom is -0.478 e. The van der Waals surface area contributed by atoms with E-state index in [1.54, 1.807) is 24.1 Å². The molecular weight excluding hydrogens is 244 g/mol. The highest BCUT2D eigenvalue weighted by molar-refractivity contribution is 5.88. The number of carboxylic acids is 1. The lowest BCUT2D eigenvalue weighted by Crippen LogP contribution is -2.21. The number of nitrogens with one attached hydrogen (secondary N) is 1. The third-order valence-electron chi connectivity index (χ3n) is 3.07. The Hall–Kier alpha value is -2.21. The fourth-order valence-electron chi connectivity index (χ4n) is 1.87. The van der Waals surface area contributed by atoms with E-state index in [1.807, 2.05) is 19.1 Å². The van der Waals surface area contributed by atoms with E-state index in [1.165, 1.54) is 6.20 Å². The number of hydrogen-bond donors (Lipinski definition) is 2. The fourth-order valence-corrected chi connectivity index (χ4v) is 1.87. The van der Waals surface area contributed by atoms with Gasteiger partial charge < -0.3 is 10.4 Å². The number of carbonyl (C=O) groups is 1. The van der Waals surface area contributed by atoms with E-state index in [-0.39, 0.29) is 11.6 Å². The standard InChI is InChI=1S/C13H16N4O2/c1-9(10-3-5-14-6-4-10)15-8-12-11(13(18)19)7-16-17(12)2/h3-7,9,15H,8H2,1-2H3,(H,18,19). The maximum Gasteiger partial charge on any atom is 0.339 e. The van der Waals surface area contributed by atoms with Gasteiger partial charge in [-0.15, -0.1) is 0 Å². The zero-order valence-electron chi connectivity index (χ0n) is 10.9. The summed E-state index contributed by atoms with van der Waals surface area (Å²) in [4.78, 5) is 15.0. The Morgan fingerprint density at radius 2 is 2.16 bits per heavy atom. The average Bonchev–Trinajstić information content (AvgIpc) is 2.78. The lowest BCUT2D eigenvalue weighted by Gasteiger charge is -2.14. The Balaban J connectivity index is 2.07. The number of carboxylic acid groups (broad SMARTS) is 1. The number of hydrogen-bond acceptors (Lipinski definition) is 4. The van der Waals surface area contributed by atoms with E-state index in [0.29, 0.717) is 12.2 Å². The van der Waals surface area contributed by atoms with E-state index in [4.69, 9.17) is 5.11 Å². The van der Waals surface area contributed by atoms with Crippen molar-refractivity contribution >= 4 is 5.97 Å². The molecular formula is C13H16N4O2. The van der Waals surface area contributed by atoms with Gasteiger partial charge in [-0.25, -0.2) is 4.79 Å². The minimum atomic E-state index is -0.957. The monoisotopic (exact) mass is 260 g/mol. The minimum absolute atomic E-state index is 0.111. The molecule has 2 aromatic rings. The quantitative estimate of drug-likeness (QED) is 0.848. The van der Waals surface area contributed by atoms with Crippen molar-refractivity contribution in [2.45, 2.75) is 19.5 Å². The van der Waals surface area contributed by atoms with E-state index in [2.05, 4.69) is 15.4 Å². The molecule has 0 aliphatic rings. The number of aryl methyl sites for hydroxylation is 1. The highest BCUT2D eigenvalue weighted by atomic mass is 16.4. The topological polar surface area (TPSA) is 80.0 Å². The first-order chi connectivity index (χ1) is 9.09. The first-order valence-corrected chi connectivity index (χ1v) is 5.97. The molecule has 0 bridgehead atoms. The zero-order chi connectivity index (χ0) is 13.8. The Kier molecular flexibility index (Phi) is 3.91. The summed E-state index contributed by atoms with van der Waals surface area (Å²) in [5.41, 5.74) is 2.00. The van der Waals surface area contributed by atoms with Crippen LogP contribution in [0, 0.1) is 0 Å². The van der Waals surface area contributed by atoms with Gasteiger partial charge in [0.1, 0.15) is 5.56 Å². The highest BCUT2D eigenvalue weighted by Gasteiger charge is 2.15. The average molecular weight is 260 g/mol. The van der Waals surface area contributed by atoms with Crippen molar-refractivity contribution in [1.82, 2.24) is 20.1 Å². The van der Waals surface area contributed by atoms with Gasteiger partial charge in [0.2, 0.25) is 0 Å². The van der Waals surface area contributed by atoms with Gasteiger partial charge in [-0.05, 0) is 24.6 Å². The molecule has 0 saturated heterocycles. The van der Waals surface area contributed by atoms with Gasteiger partial charge in [0, 0.05) is 32.0 Å². The van der Waals surface area contributed by atoms with Gasteiger partial charge in [-0.1, -0.05) is 0 Å². The summed E-state index contributed by atoms with van der Waals surface area (Å²) in [5.74, 6) is -0.957. The molecule has 6 heteroatoms. The van der Waals surface area contributed by atoms with Gasteiger partial charge in [0.15, 0.2) is 0 Å². The van der Waals surface area contributed by atoms with Crippen molar-refractivity contribution in [1.29, 1.82) is 0 Å². The van der Waals surface area contributed by atoms with Gasteiger partial charge in [0.05, 0.1) is 11.9 Å². The molecule has 2 rings (SSSR count). The van der Waals surface area contributed by atoms with E-state index in [0.717, 1.165) is 5.56 Å². The summed E-state index contributed by atoms with van der Waals surface area (Å²) >= 11 is 0. The van der Waals surface area contributed by atoms with Crippen LogP contribution in [-0.4, -0.2) is 25.8 Å². The molecule has 2 aromatic heterocycles. The molecule has 0 amide bonds. The van der Waals surface area contributed by atoms with E-state index >= 15 is 0 Å². The van der Waals surface area contributed by atoms with Crippen molar-refractivity contribution in [2.75, 3.05) is 0 Å². The van der Waals surface area contributed by atoms with Crippen LogP contribution in [0.15, 0.2) is 30.7 Å². The fraction of sp³-hybridized carbons (Fsp3) is 0.308. The Morgan fingerprint density at radius 1 is 1.47 bits per heavy atom. The van der Waals surface area contributed by atoms with Crippen LogP contribution < -0.4 is 5.32 Å². The smallest absolute Gasteiger partial charge is 0.339 e. The summed E-state index contributed by atoms with van der Waals surface area (Å²) in [6.07, 6.45) is 4.84. The maximum absolute atomic E-state index is 11.1. The maximum atomic E-state index is 11.1. The number of pyridine rings is 1. The third kappa shape index (κ3) is 2.97. The summed E-state index contributed by atoms with van der Waals surface area (Å²) in [7, 11) is 1.74. The van der Waals surface area contributed by atoms with Crippen molar-refractivity contribution < 1.29 is 9.90 Å². The highest BCUT2D eigenvalue weighted by Crippen LogP contribution is 2.13. The second-order valence-electron chi connectivity index (χ2n) is 4.32. The predicted octanol–water partition coefficient (Wildman–Crippen LogP) is 1.36. The zero-order valence-corrected chi connectivity index (χ0v) is 10.9. The molecule has 0 fully saturated rings. The summed E-state index contributed by atoms with van der Waals surface area (Å²) < 4.78 is 1.58. The Morgan fingerprint density at radius 3 is 2.79 bits per heavy atom. The van der Waals surface area contributed by atoms with Crippen LogP contribution in [0.4, 0.5) is 0 Å². The van der Waals surface area contributed by atoms with Gasteiger partial charge in [-0.2, -0.15) is 5.10 Å². The van der Waals surface area contributed by atoms with Gasteiger partial charge in [0.25, 0.3) is 0 Å². The summed E-state index contributed by atoms with van der Waals surface area (Å²) in [6.45, 7) is 2.47. The second-order valence-corrected chi connectivity index (χ2v) is 4.32. The molecule has 19 heavy (non-hydrogen) atoms. The number of aromatic nitrogens is 3. The first kappa shape index (κ1) is 13.2. The molecule has 2 heterocycles. The Bertz CT molecular complexity index is 565. The van der Waals surface area contributed by atoms with Crippen molar-refractivity contribution in [3.05, 3.63) is 47.5 Å². The lowest BCUT2D eigenvalue weighted by atomic mass is 10.1. The molecule has 0 aliphatic carbocycles.